The average molecular weight is 382 g/mol. The van der Waals surface area contributed by atoms with Gasteiger partial charge < -0.3 is 19.5 Å². The van der Waals surface area contributed by atoms with E-state index in [0.29, 0.717) is 28.1 Å². The molecule has 2 aromatic rings. The number of fused-ring (bicyclic) bond motifs is 4. The number of nitrogens with zero attached hydrogens (tertiary/aromatic N) is 3. The lowest BCUT2D eigenvalue weighted by atomic mass is 9.84. The molecule has 0 spiro atoms. The van der Waals surface area contributed by atoms with Crippen molar-refractivity contribution in [1.29, 1.82) is 0 Å². The largest absolute Gasteiger partial charge is 0.462 e. The summed E-state index contributed by atoms with van der Waals surface area (Å²) in [5.74, 6) is 0.370. The van der Waals surface area contributed by atoms with Gasteiger partial charge in [0, 0.05) is 31.1 Å². The van der Waals surface area contributed by atoms with Gasteiger partial charge in [0.15, 0.2) is 5.58 Å². The first kappa shape index (κ1) is 17.7. The molecule has 0 saturated carbocycles. The Morgan fingerprint density at radius 1 is 1.11 bits per heavy atom. The number of amides is 2. The molecule has 28 heavy (non-hydrogen) atoms. The summed E-state index contributed by atoms with van der Waals surface area (Å²) in [6.07, 6.45) is 8.59. The molecule has 7 heteroatoms. The second-order valence-electron chi connectivity index (χ2n) is 8.29. The zero-order valence-electron chi connectivity index (χ0n) is 16.0. The van der Waals surface area contributed by atoms with Gasteiger partial charge in [-0.05, 0) is 57.2 Å². The van der Waals surface area contributed by atoms with Crippen LogP contribution in [0.5, 0.6) is 0 Å². The van der Waals surface area contributed by atoms with Crippen LogP contribution in [0.25, 0.3) is 11.0 Å². The van der Waals surface area contributed by atoms with E-state index in [1.54, 1.807) is 12.3 Å². The summed E-state index contributed by atoms with van der Waals surface area (Å²) in [7, 11) is 0. The highest BCUT2D eigenvalue weighted by molar-refractivity contribution is 6.07. The highest BCUT2D eigenvalue weighted by Gasteiger charge is 2.35. The van der Waals surface area contributed by atoms with Crippen LogP contribution in [0.1, 0.15) is 53.0 Å². The first-order valence-corrected chi connectivity index (χ1v) is 10.4. The van der Waals surface area contributed by atoms with Crippen LogP contribution in [0.3, 0.4) is 0 Å². The molecule has 0 radical (unpaired) electrons. The van der Waals surface area contributed by atoms with Crippen molar-refractivity contribution in [3.05, 3.63) is 29.8 Å². The maximum Gasteiger partial charge on any atom is 0.270 e. The van der Waals surface area contributed by atoms with Crippen LogP contribution >= 0.6 is 0 Å². The summed E-state index contributed by atoms with van der Waals surface area (Å²) < 4.78 is 5.54. The van der Waals surface area contributed by atoms with Crippen molar-refractivity contribution >= 4 is 22.8 Å². The highest BCUT2D eigenvalue weighted by Crippen LogP contribution is 2.28. The Labute approximate surface area is 164 Å². The van der Waals surface area contributed by atoms with Crippen molar-refractivity contribution in [2.24, 2.45) is 5.92 Å². The fourth-order valence-corrected chi connectivity index (χ4v) is 4.86. The van der Waals surface area contributed by atoms with Crippen molar-refractivity contribution < 1.29 is 14.0 Å². The third-order valence-corrected chi connectivity index (χ3v) is 6.54. The van der Waals surface area contributed by atoms with E-state index in [4.69, 9.17) is 4.42 Å². The van der Waals surface area contributed by atoms with Crippen LogP contribution in [-0.2, 0) is 0 Å². The van der Waals surface area contributed by atoms with Crippen molar-refractivity contribution in [3.8, 4) is 0 Å². The van der Waals surface area contributed by atoms with Crippen molar-refractivity contribution in [1.82, 2.24) is 20.1 Å². The van der Waals surface area contributed by atoms with E-state index >= 15 is 0 Å². The first-order chi connectivity index (χ1) is 13.7. The van der Waals surface area contributed by atoms with E-state index in [9.17, 15) is 9.59 Å². The number of hydrogen-bond acceptors (Lipinski definition) is 5. The molecule has 0 aliphatic carbocycles. The monoisotopic (exact) mass is 382 g/mol. The molecule has 1 unspecified atom stereocenters. The predicted octanol–water partition coefficient (Wildman–Crippen LogP) is 2.28. The van der Waals surface area contributed by atoms with Gasteiger partial charge in [-0.1, -0.05) is 0 Å². The van der Waals surface area contributed by atoms with Crippen LogP contribution in [0, 0.1) is 5.92 Å². The minimum absolute atomic E-state index is 0.0200. The Balaban J connectivity index is 1.36. The molecule has 4 aliphatic heterocycles. The zero-order valence-corrected chi connectivity index (χ0v) is 16.0. The van der Waals surface area contributed by atoms with Crippen LogP contribution in [0.4, 0.5) is 0 Å². The lowest BCUT2D eigenvalue weighted by Crippen LogP contribution is -2.57. The van der Waals surface area contributed by atoms with Gasteiger partial charge in [-0.15, -0.1) is 0 Å². The quantitative estimate of drug-likeness (QED) is 0.881. The van der Waals surface area contributed by atoms with Gasteiger partial charge in [-0.3, -0.25) is 9.59 Å². The molecule has 7 nitrogen and oxygen atoms in total. The molecule has 4 aliphatic rings. The molecule has 6 rings (SSSR count). The van der Waals surface area contributed by atoms with E-state index in [1.807, 2.05) is 4.90 Å². The topological polar surface area (TPSA) is 78.7 Å². The molecule has 4 saturated heterocycles. The number of piperidine rings is 4. The fraction of sp³-hybridized carbons (Fsp3) is 0.571. The van der Waals surface area contributed by atoms with Crippen LogP contribution < -0.4 is 5.32 Å². The lowest BCUT2D eigenvalue weighted by molar-refractivity contribution is 0.0617. The second-order valence-corrected chi connectivity index (χ2v) is 8.29. The molecule has 4 fully saturated rings. The second kappa shape index (κ2) is 7.20. The number of nitrogens with one attached hydrogen (secondary N) is 1. The summed E-state index contributed by atoms with van der Waals surface area (Å²) in [5, 5.41) is 3.84. The molecule has 6 heterocycles. The van der Waals surface area contributed by atoms with Crippen molar-refractivity contribution in [2.75, 3.05) is 32.7 Å². The summed E-state index contributed by atoms with van der Waals surface area (Å²) >= 11 is 0. The van der Waals surface area contributed by atoms with E-state index in [1.165, 1.54) is 12.7 Å². The number of carbonyl (C=O) groups is 2. The van der Waals surface area contributed by atoms with Crippen LogP contribution in [-0.4, -0.2) is 65.4 Å². The molecule has 1 N–H and O–H groups in total. The minimum atomic E-state index is -0.168. The number of rotatable bonds is 3. The van der Waals surface area contributed by atoms with E-state index < -0.39 is 0 Å². The number of carbonyl (C=O) groups excluding carboxylic acids is 2. The predicted molar refractivity (Wildman–Crippen MR) is 104 cm³/mol. The standard InChI is InChI=1S/C21H26N4O3/c26-20(23-18-12-24-8-4-14(18)5-9-24)17-10-15-16(13-28-19(15)11-22-17)21(27)25-6-2-1-3-7-25/h10-11,13-14,18H,1-9,12H2,(H,23,26). The molecular formula is C21H26N4O3. The summed E-state index contributed by atoms with van der Waals surface area (Å²) in [5.41, 5.74) is 1.41. The van der Waals surface area contributed by atoms with Gasteiger partial charge in [0.2, 0.25) is 0 Å². The number of furan rings is 1. The smallest absolute Gasteiger partial charge is 0.270 e. The Morgan fingerprint density at radius 3 is 2.61 bits per heavy atom. The molecule has 2 bridgehead atoms. The Bertz CT molecular complexity index is 894. The summed E-state index contributed by atoms with van der Waals surface area (Å²) in [4.78, 5) is 34.3. The maximum atomic E-state index is 12.9. The minimum Gasteiger partial charge on any atom is -0.462 e. The zero-order chi connectivity index (χ0) is 19.1. The summed E-state index contributed by atoms with van der Waals surface area (Å²) in [6.45, 7) is 4.76. The molecule has 2 amide bonds. The molecular weight excluding hydrogens is 356 g/mol. The van der Waals surface area contributed by atoms with Crippen molar-refractivity contribution in [2.45, 2.75) is 38.1 Å². The molecule has 0 aromatic carbocycles. The maximum absolute atomic E-state index is 12.9. The molecule has 2 aromatic heterocycles. The Hall–Kier alpha value is -2.41. The molecule has 148 valence electrons. The van der Waals surface area contributed by atoms with Crippen LogP contribution in [0.2, 0.25) is 0 Å². The first-order valence-electron chi connectivity index (χ1n) is 10.4. The van der Waals surface area contributed by atoms with Gasteiger partial charge in [-0.25, -0.2) is 4.98 Å². The van der Waals surface area contributed by atoms with E-state index in [2.05, 4.69) is 15.2 Å². The number of hydrogen-bond donors (Lipinski definition) is 1. The van der Waals surface area contributed by atoms with E-state index in [0.717, 1.165) is 58.4 Å². The van der Waals surface area contributed by atoms with E-state index in [-0.39, 0.29) is 17.9 Å². The van der Waals surface area contributed by atoms with Gasteiger partial charge in [0.05, 0.1) is 11.8 Å². The van der Waals surface area contributed by atoms with Crippen LogP contribution in [0.15, 0.2) is 22.9 Å². The SMILES string of the molecule is O=C(NC1CN2CCC1CC2)c1cc2c(C(=O)N3CCCCC3)coc2cn1. The number of aromatic nitrogens is 1. The Morgan fingerprint density at radius 2 is 1.89 bits per heavy atom. The summed E-state index contributed by atoms with van der Waals surface area (Å²) in [6, 6.07) is 1.89. The van der Waals surface area contributed by atoms with Gasteiger partial charge in [0.1, 0.15) is 12.0 Å². The highest BCUT2D eigenvalue weighted by atomic mass is 16.3. The number of pyridine rings is 1. The third kappa shape index (κ3) is 3.17. The third-order valence-electron chi connectivity index (χ3n) is 6.54. The molecule has 1 atom stereocenters. The Kier molecular flexibility index (Phi) is 4.55. The van der Waals surface area contributed by atoms with Crippen molar-refractivity contribution in [3.63, 3.8) is 0 Å². The normalized spacial score (nSPS) is 27.1. The van der Waals surface area contributed by atoms with Gasteiger partial charge >= 0.3 is 0 Å². The van der Waals surface area contributed by atoms with Gasteiger partial charge in [-0.2, -0.15) is 0 Å². The fourth-order valence-electron chi connectivity index (χ4n) is 4.86. The average Bonchev–Trinajstić information content (AvgIpc) is 3.18. The number of likely N-dealkylation sites (tertiary alicyclic amines) is 1. The van der Waals surface area contributed by atoms with Gasteiger partial charge in [0.25, 0.3) is 11.8 Å². The lowest BCUT2D eigenvalue weighted by Gasteiger charge is -2.44.